The third-order valence-corrected chi connectivity index (χ3v) is 3.99. The van der Waals surface area contributed by atoms with Crippen LogP contribution in [0, 0.1) is 6.92 Å². The highest BCUT2D eigenvalue weighted by Crippen LogP contribution is 2.23. The fraction of sp³-hybridized carbons (Fsp3) is 0.333. The van der Waals surface area contributed by atoms with Gasteiger partial charge in [-0.3, -0.25) is 4.79 Å². The third-order valence-electron chi connectivity index (χ3n) is 3.99. The molecule has 102 valence electrons. The number of Topliss-reactive ketones (excluding diaryl/α,β-unsaturated/α-hetero) is 1. The predicted octanol–water partition coefficient (Wildman–Crippen LogP) is 4.62. The van der Waals surface area contributed by atoms with Gasteiger partial charge < -0.3 is 0 Å². The average molecular weight is 265 g/mol. The number of para-hydroxylation sites is 1. The summed E-state index contributed by atoms with van der Waals surface area (Å²) in [4.78, 5) is 17.2. The van der Waals surface area contributed by atoms with Gasteiger partial charge in [0.15, 0.2) is 0 Å². The molecule has 2 aromatic rings. The fourth-order valence-electron chi connectivity index (χ4n) is 2.85. The second-order valence-electron chi connectivity index (χ2n) is 5.50. The minimum atomic E-state index is 0.112. The van der Waals surface area contributed by atoms with Gasteiger partial charge in [-0.15, -0.1) is 0 Å². The normalized spacial score (nSPS) is 15.8. The van der Waals surface area contributed by atoms with Crippen molar-refractivity contribution < 1.29 is 4.79 Å². The van der Waals surface area contributed by atoms with E-state index in [9.17, 15) is 4.79 Å². The van der Waals surface area contributed by atoms with Crippen molar-refractivity contribution in [2.45, 2.75) is 39.0 Å². The summed E-state index contributed by atoms with van der Waals surface area (Å²) in [5.74, 6) is 0.112. The molecule has 0 aliphatic heterocycles. The zero-order chi connectivity index (χ0) is 13.9. The van der Waals surface area contributed by atoms with Crippen LogP contribution >= 0.6 is 0 Å². The number of aryl methyl sites for hydroxylation is 1. The number of ketones is 1. The van der Waals surface area contributed by atoms with Gasteiger partial charge in [-0.25, -0.2) is 4.98 Å². The molecule has 1 aromatic carbocycles. The molecular formula is C18H19NO. The first-order chi connectivity index (χ1) is 9.75. The van der Waals surface area contributed by atoms with Gasteiger partial charge in [-0.2, -0.15) is 0 Å². The molecule has 1 aliphatic rings. The van der Waals surface area contributed by atoms with Crippen molar-refractivity contribution in [1.29, 1.82) is 0 Å². The number of carbonyl (C=O) groups excluding carboxylic acids is 1. The number of hydrogen-bond donors (Lipinski definition) is 0. The first-order valence-electron chi connectivity index (χ1n) is 7.36. The van der Waals surface area contributed by atoms with Crippen molar-refractivity contribution in [3.05, 3.63) is 53.2 Å². The predicted molar refractivity (Wildman–Crippen MR) is 82.0 cm³/mol. The molecule has 0 bridgehead atoms. The number of rotatable bonds is 2. The maximum atomic E-state index is 12.6. The summed E-state index contributed by atoms with van der Waals surface area (Å²) >= 11 is 0. The molecule has 0 spiro atoms. The standard InChI is InChI=1S/C18H19NO/c1-13-12-17(19-16-11-7-6-10-15(13)16)18(20)14-8-4-2-3-5-9-14/h6-8,10-12H,2-5,9H2,1H3. The van der Waals surface area contributed by atoms with E-state index in [2.05, 4.69) is 17.1 Å². The van der Waals surface area contributed by atoms with Gasteiger partial charge in [0.05, 0.1) is 5.52 Å². The van der Waals surface area contributed by atoms with E-state index in [0.717, 1.165) is 41.3 Å². The van der Waals surface area contributed by atoms with Crippen LogP contribution < -0.4 is 0 Å². The van der Waals surface area contributed by atoms with Gasteiger partial charge >= 0.3 is 0 Å². The Morgan fingerprint density at radius 2 is 2.00 bits per heavy atom. The Morgan fingerprint density at radius 3 is 2.90 bits per heavy atom. The average Bonchev–Trinajstić information content (AvgIpc) is 2.75. The van der Waals surface area contributed by atoms with Crippen molar-refractivity contribution in [1.82, 2.24) is 4.98 Å². The van der Waals surface area contributed by atoms with E-state index in [-0.39, 0.29) is 5.78 Å². The maximum Gasteiger partial charge on any atom is 0.207 e. The summed E-state index contributed by atoms with van der Waals surface area (Å²) in [6.45, 7) is 2.04. The monoisotopic (exact) mass is 265 g/mol. The van der Waals surface area contributed by atoms with Gasteiger partial charge in [0.25, 0.3) is 0 Å². The minimum Gasteiger partial charge on any atom is -0.287 e. The molecule has 1 aromatic heterocycles. The third kappa shape index (κ3) is 2.51. The molecule has 0 saturated heterocycles. The van der Waals surface area contributed by atoms with E-state index in [1.54, 1.807) is 0 Å². The van der Waals surface area contributed by atoms with Crippen LogP contribution in [-0.4, -0.2) is 10.8 Å². The van der Waals surface area contributed by atoms with Gasteiger partial charge in [0.2, 0.25) is 5.78 Å². The molecule has 0 atom stereocenters. The van der Waals surface area contributed by atoms with Gasteiger partial charge in [-0.1, -0.05) is 30.7 Å². The van der Waals surface area contributed by atoms with Crippen LogP contribution in [0.1, 0.15) is 48.2 Å². The van der Waals surface area contributed by atoms with Crippen LogP contribution in [0.15, 0.2) is 42.0 Å². The van der Waals surface area contributed by atoms with E-state index in [1.807, 2.05) is 31.2 Å². The number of fused-ring (bicyclic) bond motifs is 1. The van der Waals surface area contributed by atoms with Crippen LogP contribution in [0.25, 0.3) is 10.9 Å². The van der Waals surface area contributed by atoms with Crippen molar-refractivity contribution in [3.63, 3.8) is 0 Å². The summed E-state index contributed by atoms with van der Waals surface area (Å²) in [5, 5.41) is 1.12. The molecule has 0 amide bonds. The Balaban J connectivity index is 2.01. The highest BCUT2D eigenvalue weighted by atomic mass is 16.1. The second-order valence-corrected chi connectivity index (χ2v) is 5.50. The van der Waals surface area contributed by atoms with Crippen LogP contribution in [-0.2, 0) is 0 Å². The molecule has 0 fully saturated rings. The molecule has 1 aliphatic carbocycles. The lowest BCUT2D eigenvalue weighted by molar-refractivity contribution is 0.102. The number of hydrogen-bond acceptors (Lipinski definition) is 2. The quantitative estimate of drug-likeness (QED) is 0.742. The summed E-state index contributed by atoms with van der Waals surface area (Å²) in [5.41, 5.74) is 3.57. The lowest BCUT2D eigenvalue weighted by Gasteiger charge is -2.07. The van der Waals surface area contributed by atoms with E-state index in [1.165, 1.54) is 12.8 Å². The summed E-state index contributed by atoms with van der Waals surface area (Å²) in [6, 6.07) is 9.92. The van der Waals surface area contributed by atoms with E-state index < -0.39 is 0 Å². The highest BCUT2D eigenvalue weighted by Gasteiger charge is 2.16. The maximum absolute atomic E-state index is 12.6. The molecule has 0 saturated carbocycles. The van der Waals surface area contributed by atoms with Gasteiger partial charge in [0.1, 0.15) is 5.69 Å². The zero-order valence-corrected chi connectivity index (χ0v) is 11.9. The Labute approximate surface area is 119 Å². The van der Waals surface area contributed by atoms with Gasteiger partial charge in [-0.05, 0) is 55.9 Å². The number of pyridine rings is 1. The first kappa shape index (κ1) is 13.0. The zero-order valence-electron chi connectivity index (χ0n) is 11.9. The molecule has 0 radical (unpaired) electrons. The Hall–Kier alpha value is -1.96. The molecule has 0 N–H and O–H groups in total. The first-order valence-corrected chi connectivity index (χ1v) is 7.36. The van der Waals surface area contributed by atoms with Crippen molar-refractivity contribution in [2.24, 2.45) is 0 Å². The second kappa shape index (κ2) is 5.58. The molecule has 3 rings (SSSR count). The van der Waals surface area contributed by atoms with Crippen molar-refractivity contribution >= 4 is 16.7 Å². The Morgan fingerprint density at radius 1 is 1.15 bits per heavy atom. The fourth-order valence-corrected chi connectivity index (χ4v) is 2.85. The topological polar surface area (TPSA) is 30.0 Å². The Kier molecular flexibility index (Phi) is 3.64. The molecular weight excluding hydrogens is 246 g/mol. The molecule has 0 unspecified atom stereocenters. The van der Waals surface area contributed by atoms with Crippen molar-refractivity contribution in [3.8, 4) is 0 Å². The van der Waals surface area contributed by atoms with Crippen LogP contribution in [0.2, 0.25) is 0 Å². The number of benzene rings is 1. The lowest BCUT2D eigenvalue weighted by Crippen LogP contribution is -2.06. The smallest absolute Gasteiger partial charge is 0.207 e. The summed E-state index contributed by atoms with van der Waals surface area (Å²) < 4.78 is 0. The highest BCUT2D eigenvalue weighted by molar-refractivity contribution is 6.08. The molecule has 2 heteroatoms. The van der Waals surface area contributed by atoms with Crippen LogP contribution in [0.4, 0.5) is 0 Å². The number of carbonyl (C=O) groups is 1. The van der Waals surface area contributed by atoms with E-state index >= 15 is 0 Å². The van der Waals surface area contributed by atoms with E-state index in [0.29, 0.717) is 5.69 Å². The van der Waals surface area contributed by atoms with Crippen LogP contribution in [0.5, 0.6) is 0 Å². The van der Waals surface area contributed by atoms with E-state index in [4.69, 9.17) is 0 Å². The number of aromatic nitrogens is 1. The number of nitrogens with zero attached hydrogens (tertiary/aromatic N) is 1. The molecule has 2 nitrogen and oxygen atoms in total. The largest absolute Gasteiger partial charge is 0.287 e. The Bertz CT molecular complexity index is 685. The lowest BCUT2D eigenvalue weighted by atomic mass is 10.0. The summed E-state index contributed by atoms with van der Waals surface area (Å²) in [6.07, 6.45) is 7.56. The summed E-state index contributed by atoms with van der Waals surface area (Å²) in [7, 11) is 0. The van der Waals surface area contributed by atoms with Gasteiger partial charge in [0, 0.05) is 5.39 Å². The molecule has 1 heterocycles. The molecule has 20 heavy (non-hydrogen) atoms. The minimum absolute atomic E-state index is 0.112. The SMILES string of the molecule is Cc1cc(C(=O)C2=CCCCCC2)nc2ccccc12. The number of allylic oxidation sites excluding steroid dienone is 2. The van der Waals surface area contributed by atoms with Crippen LogP contribution in [0.3, 0.4) is 0 Å². The van der Waals surface area contributed by atoms with Crippen molar-refractivity contribution in [2.75, 3.05) is 0 Å².